The molecule has 2 aromatic rings. The van der Waals surface area contributed by atoms with Gasteiger partial charge in [0.05, 0.1) is 23.9 Å². The average Bonchev–Trinajstić information content (AvgIpc) is 3.12. The van der Waals surface area contributed by atoms with Crippen molar-refractivity contribution in [2.45, 2.75) is 0 Å². The Bertz CT molecular complexity index is 786. The average molecular weight is 333 g/mol. The summed E-state index contributed by atoms with van der Waals surface area (Å²) in [6, 6.07) is 6.92. The van der Waals surface area contributed by atoms with Gasteiger partial charge in [-0.1, -0.05) is 17.7 Å². The van der Waals surface area contributed by atoms with Gasteiger partial charge in [0, 0.05) is 18.5 Å². The third-order valence-electron chi connectivity index (χ3n) is 3.32. The van der Waals surface area contributed by atoms with E-state index in [-0.39, 0.29) is 18.8 Å². The van der Waals surface area contributed by atoms with Crippen LogP contribution in [0.25, 0.3) is 5.69 Å². The third kappa shape index (κ3) is 2.84. The van der Waals surface area contributed by atoms with E-state index < -0.39 is 11.8 Å². The van der Waals surface area contributed by atoms with Crippen molar-refractivity contribution >= 4 is 29.1 Å². The lowest BCUT2D eigenvalue weighted by molar-refractivity contribution is -0.137. The van der Waals surface area contributed by atoms with Crippen LogP contribution in [-0.2, 0) is 9.59 Å². The Balaban J connectivity index is 1.93. The molecule has 1 aromatic heterocycles. The number of aromatic nitrogens is 2. The van der Waals surface area contributed by atoms with Crippen molar-refractivity contribution in [3.05, 3.63) is 53.5 Å². The van der Waals surface area contributed by atoms with Crippen molar-refractivity contribution in [1.29, 1.82) is 0 Å². The zero-order valence-corrected chi connectivity index (χ0v) is 12.7. The molecule has 23 heavy (non-hydrogen) atoms. The van der Waals surface area contributed by atoms with Crippen molar-refractivity contribution in [2.75, 3.05) is 18.5 Å². The van der Waals surface area contributed by atoms with Gasteiger partial charge in [0.2, 0.25) is 0 Å². The monoisotopic (exact) mass is 332 g/mol. The summed E-state index contributed by atoms with van der Waals surface area (Å²) in [5.74, 6) is -0.954. The highest BCUT2D eigenvalue weighted by Crippen LogP contribution is 2.29. The number of imide groups is 1. The molecule has 0 bridgehead atoms. The molecule has 1 aliphatic rings. The second-order valence-electron chi connectivity index (χ2n) is 4.79. The van der Waals surface area contributed by atoms with Crippen LogP contribution in [0.4, 0.5) is 5.69 Å². The highest BCUT2D eigenvalue weighted by molar-refractivity contribution is 6.33. The van der Waals surface area contributed by atoms with E-state index >= 15 is 0 Å². The Morgan fingerprint density at radius 3 is 2.78 bits per heavy atom. The van der Waals surface area contributed by atoms with Crippen molar-refractivity contribution in [3.8, 4) is 5.69 Å². The molecule has 0 unspecified atom stereocenters. The summed E-state index contributed by atoms with van der Waals surface area (Å²) in [5.41, 5.74) is 1.24. The van der Waals surface area contributed by atoms with Gasteiger partial charge in [0.25, 0.3) is 11.8 Å². The maximum atomic E-state index is 12.2. The molecule has 0 fully saturated rings. The van der Waals surface area contributed by atoms with E-state index in [0.717, 1.165) is 4.90 Å². The molecule has 1 aliphatic heterocycles. The number of nitrogens with one attached hydrogen (secondary N) is 1. The van der Waals surface area contributed by atoms with E-state index in [2.05, 4.69) is 10.4 Å². The Hall–Kier alpha value is -2.64. The number of rotatable bonds is 5. The minimum atomic E-state index is -0.490. The van der Waals surface area contributed by atoms with Gasteiger partial charge in [0.15, 0.2) is 0 Å². The Morgan fingerprint density at radius 2 is 2.09 bits per heavy atom. The van der Waals surface area contributed by atoms with Gasteiger partial charge >= 0.3 is 0 Å². The van der Waals surface area contributed by atoms with Gasteiger partial charge in [0.1, 0.15) is 11.4 Å². The van der Waals surface area contributed by atoms with Crippen molar-refractivity contribution in [2.24, 2.45) is 0 Å². The van der Waals surface area contributed by atoms with Gasteiger partial charge in [-0.3, -0.25) is 14.5 Å². The third-order valence-corrected chi connectivity index (χ3v) is 3.63. The minimum absolute atomic E-state index is 0.0408. The van der Waals surface area contributed by atoms with Gasteiger partial charge in [-0.05, 0) is 18.2 Å². The quantitative estimate of drug-likeness (QED) is 0.803. The summed E-state index contributed by atoms with van der Waals surface area (Å²) < 4.78 is 1.57. The molecule has 2 heterocycles. The summed E-state index contributed by atoms with van der Waals surface area (Å²) in [4.78, 5) is 25.0. The summed E-state index contributed by atoms with van der Waals surface area (Å²) in [5, 5.41) is 16.4. The second kappa shape index (κ2) is 6.23. The van der Waals surface area contributed by atoms with E-state index in [9.17, 15) is 9.59 Å². The molecular weight excluding hydrogens is 320 g/mol. The van der Waals surface area contributed by atoms with E-state index in [1.165, 1.54) is 6.08 Å². The summed E-state index contributed by atoms with van der Waals surface area (Å²) in [6.07, 6.45) is 4.53. The van der Waals surface area contributed by atoms with Crippen molar-refractivity contribution < 1.29 is 14.7 Å². The number of amides is 2. The fourth-order valence-corrected chi connectivity index (χ4v) is 2.57. The summed E-state index contributed by atoms with van der Waals surface area (Å²) >= 11 is 6.23. The van der Waals surface area contributed by atoms with E-state index in [1.807, 2.05) is 0 Å². The number of nitrogens with zero attached hydrogens (tertiary/aromatic N) is 3. The first-order valence-electron chi connectivity index (χ1n) is 6.85. The van der Waals surface area contributed by atoms with Crippen LogP contribution >= 0.6 is 11.6 Å². The van der Waals surface area contributed by atoms with Gasteiger partial charge in [-0.2, -0.15) is 5.10 Å². The molecule has 1 aromatic carbocycles. The molecular formula is C15H13ClN4O3. The molecule has 0 saturated carbocycles. The molecule has 8 heteroatoms. The number of hydrogen-bond donors (Lipinski definition) is 2. The normalized spacial score (nSPS) is 14.3. The van der Waals surface area contributed by atoms with Crippen LogP contribution in [0, 0.1) is 0 Å². The maximum absolute atomic E-state index is 12.2. The molecule has 2 amide bonds. The molecule has 3 rings (SSSR count). The highest BCUT2D eigenvalue weighted by Gasteiger charge is 2.31. The number of benzene rings is 1. The highest BCUT2D eigenvalue weighted by atomic mass is 35.5. The first-order valence-corrected chi connectivity index (χ1v) is 7.23. The smallest absolute Gasteiger partial charge is 0.277 e. The Labute approximate surface area is 136 Å². The lowest BCUT2D eigenvalue weighted by Gasteiger charge is -2.15. The minimum Gasteiger partial charge on any atom is -0.395 e. The molecule has 0 aliphatic carbocycles. The number of aliphatic hydroxyl groups is 1. The molecule has 2 N–H and O–H groups in total. The number of carbonyl (C=O) groups is 2. The number of anilines is 1. The first-order chi connectivity index (χ1) is 11.1. The van der Waals surface area contributed by atoms with Gasteiger partial charge in [-0.25, -0.2) is 4.68 Å². The number of carbonyl (C=O) groups excluding carboxylic acids is 2. The van der Waals surface area contributed by atoms with E-state index in [1.54, 1.807) is 41.3 Å². The standard InChI is InChI=1S/C15H13ClN4O3/c16-10-3-1-4-11(14(10)20-6-2-5-17-20)18-12-9-13(22)19(7-8-21)15(12)23/h1-6,9,18,21H,7-8H2. The van der Waals surface area contributed by atoms with Gasteiger partial charge in [-0.15, -0.1) is 0 Å². The fourth-order valence-electron chi connectivity index (χ4n) is 2.31. The summed E-state index contributed by atoms with van der Waals surface area (Å²) in [6.45, 7) is -0.324. The molecule has 7 nitrogen and oxygen atoms in total. The predicted molar refractivity (Wildman–Crippen MR) is 84.1 cm³/mol. The lowest BCUT2D eigenvalue weighted by Crippen LogP contribution is -2.34. The van der Waals surface area contributed by atoms with Crippen LogP contribution in [-0.4, -0.2) is 44.8 Å². The second-order valence-corrected chi connectivity index (χ2v) is 5.20. The zero-order chi connectivity index (χ0) is 16.4. The predicted octanol–water partition coefficient (Wildman–Crippen LogP) is 1.18. The Kier molecular flexibility index (Phi) is 4.14. The van der Waals surface area contributed by atoms with Crippen LogP contribution in [0.3, 0.4) is 0 Å². The number of hydrogen-bond acceptors (Lipinski definition) is 5. The van der Waals surface area contributed by atoms with Crippen LogP contribution in [0.2, 0.25) is 5.02 Å². The molecule has 0 saturated heterocycles. The van der Waals surface area contributed by atoms with Crippen LogP contribution in [0.5, 0.6) is 0 Å². The van der Waals surface area contributed by atoms with Crippen LogP contribution in [0.1, 0.15) is 0 Å². The lowest BCUT2D eigenvalue weighted by atomic mass is 10.2. The molecule has 0 spiro atoms. The molecule has 118 valence electrons. The summed E-state index contributed by atoms with van der Waals surface area (Å²) in [7, 11) is 0. The van der Waals surface area contributed by atoms with Crippen molar-refractivity contribution in [1.82, 2.24) is 14.7 Å². The molecule has 0 radical (unpaired) electrons. The number of β-amino-alcohol motifs (C(OH)–C–C–N with tert-alkyl or cyclic N) is 1. The van der Waals surface area contributed by atoms with Gasteiger partial charge < -0.3 is 10.4 Å². The van der Waals surface area contributed by atoms with Crippen LogP contribution < -0.4 is 5.32 Å². The zero-order valence-electron chi connectivity index (χ0n) is 11.9. The number of halogens is 1. The molecule has 0 atom stereocenters. The largest absolute Gasteiger partial charge is 0.395 e. The number of para-hydroxylation sites is 1. The van der Waals surface area contributed by atoms with Crippen LogP contribution in [0.15, 0.2) is 48.4 Å². The van der Waals surface area contributed by atoms with Crippen molar-refractivity contribution in [3.63, 3.8) is 0 Å². The number of aliphatic hydroxyl groups excluding tert-OH is 1. The first kappa shape index (κ1) is 15.3. The van der Waals surface area contributed by atoms with E-state index in [0.29, 0.717) is 16.4 Å². The Morgan fingerprint density at radius 1 is 1.26 bits per heavy atom. The topological polar surface area (TPSA) is 87.5 Å². The maximum Gasteiger partial charge on any atom is 0.277 e. The SMILES string of the molecule is O=C1C=C(Nc2cccc(Cl)c2-n2cccn2)C(=O)N1CCO. The van der Waals surface area contributed by atoms with E-state index in [4.69, 9.17) is 16.7 Å². The fraction of sp³-hybridized carbons (Fsp3) is 0.133.